The molecule has 0 spiro atoms. The lowest BCUT2D eigenvalue weighted by Gasteiger charge is -2.35. The maximum absolute atomic E-state index is 12.9. The smallest absolute Gasteiger partial charge is 0.173 e. The Morgan fingerprint density at radius 1 is 1.06 bits per heavy atom. The highest BCUT2D eigenvalue weighted by atomic mass is 35.5. The maximum atomic E-state index is 12.9. The van der Waals surface area contributed by atoms with E-state index in [4.69, 9.17) is 17.3 Å². The van der Waals surface area contributed by atoms with E-state index in [0.717, 1.165) is 64.6 Å². The Morgan fingerprint density at radius 2 is 1.91 bits per heavy atom. The van der Waals surface area contributed by atoms with Crippen molar-refractivity contribution in [3.05, 3.63) is 75.5 Å². The number of carbonyl (C=O) groups is 1. The molecule has 1 saturated heterocycles. The molecule has 2 N–H and O–H groups in total. The molecular formula is C25H25ClN6OS. The zero-order valence-corrected chi connectivity index (χ0v) is 20.2. The third-order valence-electron chi connectivity index (χ3n) is 6.15. The van der Waals surface area contributed by atoms with E-state index in [1.54, 1.807) is 24.8 Å². The van der Waals surface area contributed by atoms with Gasteiger partial charge in [-0.05, 0) is 29.5 Å². The summed E-state index contributed by atoms with van der Waals surface area (Å²) in [7, 11) is 0. The summed E-state index contributed by atoms with van der Waals surface area (Å²) < 4.78 is 0. The van der Waals surface area contributed by atoms with Crippen LogP contribution in [-0.2, 0) is 13.0 Å². The highest BCUT2D eigenvalue weighted by Gasteiger charge is 2.21. The maximum Gasteiger partial charge on any atom is 0.173 e. The summed E-state index contributed by atoms with van der Waals surface area (Å²) in [4.78, 5) is 31.9. The largest absolute Gasteiger partial charge is 0.383 e. The normalized spacial score (nSPS) is 14.6. The first kappa shape index (κ1) is 22.7. The van der Waals surface area contributed by atoms with Crippen LogP contribution in [0, 0.1) is 0 Å². The molecule has 0 bridgehead atoms. The van der Waals surface area contributed by atoms with E-state index in [1.807, 2.05) is 24.3 Å². The zero-order valence-electron chi connectivity index (χ0n) is 18.7. The molecule has 1 fully saturated rings. The fourth-order valence-electron chi connectivity index (χ4n) is 4.23. The number of halogens is 1. The first-order valence-electron chi connectivity index (χ1n) is 11.2. The topological polar surface area (TPSA) is 88.2 Å². The number of hydrogen-bond donors (Lipinski definition) is 1. The molecule has 174 valence electrons. The van der Waals surface area contributed by atoms with Crippen LogP contribution in [0.15, 0.2) is 55.1 Å². The fraction of sp³-hybridized carbons (Fsp3) is 0.280. The van der Waals surface area contributed by atoms with Gasteiger partial charge >= 0.3 is 0 Å². The number of aryl methyl sites for hydroxylation is 1. The number of benzene rings is 1. The molecule has 4 aromatic rings. The van der Waals surface area contributed by atoms with Crippen molar-refractivity contribution in [2.75, 3.05) is 36.8 Å². The highest BCUT2D eigenvalue weighted by Crippen LogP contribution is 2.30. The summed E-state index contributed by atoms with van der Waals surface area (Å²) in [6, 6.07) is 9.83. The van der Waals surface area contributed by atoms with Crippen molar-refractivity contribution in [3.63, 3.8) is 0 Å². The summed E-state index contributed by atoms with van der Waals surface area (Å²) in [5, 5.41) is 2.65. The second-order valence-electron chi connectivity index (χ2n) is 8.38. The van der Waals surface area contributed by atoms with Crippen LogP contribution in [0.1, 0.15) is 26.5 Å². The predicted molar refractivity (Wildman–Crippen MR) is 138 cm³/mol. The molecule has 5 rings (SSSR count). The first-order valence-corrected chi connectivity index (χ1v) is 12.4. The molecule has 1 aliphatic heterocycles. The third kappa shape index (κ3) is 5.04. The van der Waals surface area contributed by atoms with Crippen LogP contribution in [-0.4, -0.2) is 51.8 Å². The number of hydrogen-bond acceptors (Lipinski definition) is 8. The van der Waals surface area contributed by atoms with Gasteiger partial charge < -0.3 is 10.6 Å². The van der Waals surface area contributed by atoms with E-state index in [1.165, 1.54) is 11.3 Å². The zero-order chi connectivity index (χ0) is 23.5. The van der Waals surface area contributed by atoms with Crippen LogP contribution in [0.2, 0.25) is 5.02 Å². The molecule has 0 saturated carbocycles. The van der Waals surface area contributed by atoms with Gasteiger partial charge in [0.2, 0.25) is 0 Å². The molecule has 7 nitrogen and oxygen atoms in total. The molecular weight excluding hydrogens is 468 g/mol. The van der Waals surface area contributed by atoms with Gasteiger partial charge in [0.1, 0.15) is 11.6 Å². The van der Waals surface area contributed by atoms with Crippen molar-refractivity contribution >= 4 is 51.1 Å². The summed E-state index contributed by atoms with van der Waals surface area (Å²) in [5.74, 6) is 1.56. The van der Waals surface area contributed by atoms with Crippen LogP contribution in [0.25, 0.3) is 10.8 Å². The van der Waals surface area contributed by atoms with Gasteiger partial charge in [0.05, 0.1) is 16.1 Å². The number of Topliss-reactive ketones (excluding diaryl/α,β-unsaturated/α-hetero) is 1. The Balaban J connectivity index is 1.17. The van der Waals surface area contributed by atoms with E-state index in [-0.39, 0.29) is 5.78 Å². The van der Waals surface area contributed by atoms with Gasteiger partial charge in [-0.3, -0.25) is 14.7 Å². The standard InChI is InChI=1S/C25H25ClN6OS/c26-20-14-22(21(33)4-2-17-1-3-19-18(13-17)5-6-30-25(19)27)34-23(20)16-31-9-11-32(12-10-31)24-15-28-7-8-29-24/h1,3,5-8,13-15H,2,4,9-12,16H2,(H2,27,30). The molecule has 0 amide bonds. The van der Waals surface area contributed by atoms with Gasteiger partial charge in [0.15, 0.2) is 5.78 Å². The van der Waals surface area contributed by atoms with Crippen molar-refractivity contribution in [2.45, 2.75) is 19.4 Å². The molecule has 0 unspecified atom stereocenters. The number of piperazine rings is 1. The lowest BCUT2D eigenvalue weighted by molar-refractivity contribution is 0.0986. The molecule has 0 atom stereocenters. The lowest BCUT2D eigenvalue weighted by Crippen LogP contribution is -2.46. The molecule has 0 aliphatic carbocycles. The summed E-state index contributed by atoms with van der Waals surface area (Å²) in [6.45, 7) is 4.36. The average Bonchev–Trinajstić information content (AvgIpc) is 3.23. The molecule has 1 aromatic carbocycles. The Kier molecular flexibility index (Phi) is 6.71. The minimum Gasteiger partial charge on any atom is -0.383 e. The first-order chi connectivity index (χ1) is 16.6. The van der Waals surface area contributed by atoms with Crippen molar-refractivity contribution in [1.29, 1.82) is 0 Å². The Morgan fingerprint density at radius 3 is 2.71 bits per heavy atom. The van der Waals surface area contributed by atoms with E-state index in [9.17, 15) is 4.79 Å². The minimum absolute atomic E-state index is 0.125. The predicted octanol–water partition coefficient (Wildman–Crippen LogP) is 4.46. The number of carbonyl (C=O) groups excluding carboxylic acids is 1. The van der Waals surface area contributed by atoms with Gasteiger partial charge in [-0.2, -0.15) is 0 Å². The average molecular weight is 493 g/mol. The van der Waals surface area contributed by atoms with Crippen molar-refractivity contribution < 1.29 is 4.79 Å². The lowest BCUT2D eigenvalue weighted by atomic mass is 10.0. The van der Waals surface area contributed by atoms with Gasteiger partial charge in [-0.15, -0.1) is 11.3 Å². The highest BCUT2D eigenvalue weighted by molar-refractivity contribution is 7.14. The van der Waals surface area contributed by atoms with Gasteiger partial charge in [0, 0.05) is 68.0 Å². The summed E-state index contributed by atoms with van der Waals surface area (Å²) in [5.41, 5.74) is 7.04. The van der Waals surface area contributed by atoms with Crippen molar-refractivity contribution in [2.24, 2.45) is 0 Å². The molecule has 1 aliphatic rings. The molecule has 3 aromatic heterocycles. The number of rotatable bonds is 7. The molecule has 4 heterocycles. The Labute approximate surface area is 207 Å². The number of nitrogens with two attached hydrogens (primary N) is 1. The fourth-order valence-corrected chi connectivity index (χ4v) is 5.64. The van der Waals surface area contributed by atoms with Gasteiger partial charge in [0.25, 0.3) is 0 Å². The van der Waals surface area contributed by atoms with Crippen LogP contribution in [0.3, 0.4) is 0 Å². The van der Waals surface area contributed by atoms with Gasteiger partial charge in [-0.25, -0.2) is 9.97 Å². The van der Waals surface area contributed by atoms with Crippen molar-refractivity contribution in [3.8, 4) is 0 Å². The number of nitrogen functional groups attached to an aromatic ring is 1. The van der Waals surface area contributed by atoms with E-state index in [2.05, 4.69) is 30.8 Å². The number of aromatic nitrogens is 3. The second-order valence-corrected chi connectivity index (χ2v) is 9.93. The number of ketones is 1. The van der Waals surface area contributed by atoms with Gasteiger partial charge in [-0.1, -0.05) is 29.8 Å². The summed E-state index contributed by atoms with van der Waals surface area (Å²) in [6.07, 6.45) is 8.03. The van der Waals surface area contributed by atoms with Crippen LogP contribution >= 0.6 is 22.9 Å². The number of pyridine rings is 1. The molecule has 34 heavy (non-hydrogen) atoms. The van der Waals surface area contributed by atoms with Crippen molar-refractivity contribution in [1.82, 2.24) is 19.9 Å². The van der Waals surface area contributed by atoms with Crippen LogP contribution < -0.4 is 10.6 Å². The minimum atomic E-state index is 0.125. The van der Waals surface area contributed by atoms with E-state index >= 15 is 0 Å². The van der Waals surface area contributed by atoms with E-state index in [0.29, 0.717) is 23.7 Å². The number of fused-ring (bicyclic) bond motifs is 1. The molecule has 0 radical (unpaired) electrons. The van der Waals surface area contributed by atoms with Crippen LogP contribution in [0.4, 0.5) is 11.6 Å². The quantitative estimate of drug-likeness (QED) is 0.381. The SMILES string of the molecule is Nc1nccc2cc(CCC(=O)c3cc(Cl)c(CN4CCN(c5cnccn5)CC4)s3)ccc12. The molecule has 9 heteroatoms. The summed E-state index contributed by atoms with van der Waals surface area (Å²) >= 11 is 8.03. The third-order valence-corrected chi connectivity index (χ3v) is 7.76. The number of nitrogens with zero attached hydrogens (tertiary/aromatic N) is 5. The second kappa shape index (κ2) is 10.0. The Bertz CT molecular complexity index is 1300. The van der Waals surface area contributed by atoms with Crippen LogP contribution in [0.5, 0.6) is 0 Å². The number of thiophene rings is 1. The van der Waals surface area contributed by atoms with E-state index < -0.39 is 0 Å². The Hall–Kier alpha value is -3.07. The number of anilines is 2. The monoisotopic (exact) mass is 492 g/mol.